The second-order valence-electron chi connectivity index (χ2n) is 4.90. The van der Waals surface area contributed by atoms with E-state index in [0.29, 0.717) is 6.54 Å². The zero-order chi connectivity index (χ0) is 14.3. The molecule has 1 rings (SSSR count). The molecule has 19 heavy (non-hydrogen) atoms. The van der Waals surface area contributed by atoms with Gasteiger partial charge in [-0.05, 0) is 32.3 Å². The third kappa shape index (κ3) is 5.42. The maximum Gasteiger partial charge on any atom is 0.328 e. The number of carboxylic acid groups (broad SMARTS) is 1. The Balaban J connectivity index is 2.23. The van der Waals surface area contributed by atoms with Crippen LogP contribution in [0.1, 0.15) is 25.8 Å². The van der Waals surface area contributed by atoms with Crippen molar-refractivity contribution in [1.29, 1.82) is 0 Å². The molecule has 0 heterocycles. The highest BCUT2D eigenvalue weighted by Gasteiger charge is 2.28. The van der Waals surface area contributed by atoms with Gasteiger partial charge in [-0.1, -0.05) is 30.3 Å². The Morgan fingerprint density at radius 3 is 2.42 bits per heavy atom. The summed E-state index contributed by atoms with van der Waals surface area (Å²) >= 11 is 0. The van der Waals surface area contributed by atoms with Crippen LogP contribution in [0.25, 0.3) is 0 Å². The molecule has 0 fully saturated rings. The predicted octanol–water partition coefficient (Wildman–Crippen LogP) is 1.78. The van der Waals surface area contributed by atoms with E-state index in [4.69, 9.17) is 5.11 Å². The summed E-state index contributed by atoms with van der Waals surface area (Å²) in [6.07, 6.45) is 1.69. The minimum absolute atomic E-state index is 0.458. The fourth-order valence-electron chi connectivity index (χ4n) is 1.52. The quantitative estimate of drug-likeness (QED) is 0.685. The number of nitrogens with one attached hydrogen (secondary N) is 2. The van der Waals surface area contributed by atoms with Crippen LogP contribution >= 0.6 is 0 Å². The molecule has 104 valence electrons. The van der Waals surface area contributed by atoms with E-state index in [2.05, 4.69) is 10.6 Å². The van der Waals surface area contributed by atoms with Gasteiger partial charge in [-0.15, -0.1) is 0 Å². The lowest BCUT2D eigenvalue weighted by Crippen LogP contribution is -2.53. The monoisotopic (exact) mass is 264 g/mol. The highest BCUT2D eigenvalue weighted by molar-refractivity contribution is 5.85. The second-order valence-corrected chi connectivity index (χ2v) is 4.90. The molecule has 0 saturated carbocycles. The molecule has 0 spiro atoms. The summed E-state index contributed by atoms with van der Waals surface area (Å²) < 4.78 is 0. The van der Waals surface area contributed by atoms with Gasteiger partial charge in [-0.25, -0.2) is 9.59 Å². The summed E-state index contributed by atoms with van der Waals surface area (Å²) in [6.45, 7) is 3.40. The Morgan fingerprint density at radius 1 is 1.21 bits per heavy atom. The number of amides is 2. The fourth-order valence-corrected chi connectivity index (χ4v) is 1.52. The average molecular weight is 264 g/mol. The lowest BCUT2D eigenvalue weighted by Gasteiger charge is -2.21. The molecular weight excluding hydrogens is 244 g/mol. The number of benzene rings is 1. The van der Waals surface area contributed by atoms with Gasteiger partial charge in [0, 0.05) is 6.54 Å². The van der Waals surface area contributed by atoms with E-state index < -0.39 is 17.5 Å². The first-order valence-electron chi connectivity index (χ1n) is 6.25. The molecule has 0 unspecified atom stereocenters. The molecule has 0 aliphatic rings. The van der Waals surface area contributed by atoms with Gasteiger partial charge in [0.1, 0.15) is 5.54 Å². The molecule has 5 nitrogen and oxygen atoms in total. The maximum atomic E-state index is 11.5. The number of rotatable bonds is 6. The molecule has 0 aliphatic carbocycles. The third-order valence-electron chi connectivity index (χ3n) is 2.73. The van der Waals surface area contributed by atoms with Gasteiger partial charge in [-0.3, -0.25) is 0 Å². The van der Waals surface area contributed by atoms with Gasteiger partial charge in [0.15, 0.2) is 0 Å². The predicted molar refractivity (Wildman–Crippen MR) is 73.0 cm³/mol. The van der Waals surface area contributed by atoms with Crippen LogP contribution in [0.15, 0.2) is 30.3 Å². The number of carboxylic acids is 1. The van der Waals surface area contributed by atoms with E-state index in [1.165, 1.54) is 19.4 Å². The molecule has 0 atom stereocenters. The second kappa shape index (κ2) is 6.78. The van der Waals surface area contributed by atoms with Gasteiger partial charge in [-0.2, -0.15) is 0 Å². The van der Waals surface area contributed by atoms with Crippen LogP contribution in [-0.4, -0.2) is 29.2 Å². The Kier molecular flexibility index (Phi) is 5.36. The van der Waals surface area contributed by atoms with Gasteiger partial charge in [0.2, 0.25) is 0 Å². The zero-order valence-corrected chi connectivity index (χ0v) is 11.3. The molecular formula is C14H20N2O3. The molecule has 0 aromatic heterocycles. The van der Waals surface area contributed by atoms with Crippen LogP contribution in [0.2, 0.25) is 0 Å². The van der Waals surface area contributed by atoms with Crippen molar-refractivity contribution in [1.82, 2.24) is 10.6 Å². The number of carbonyl (C=O) groups is 2. The molecule has 2 amide bonds. The summed E-state index contributed by atoms with van der Waals surface area (Å²) in [4.78, 5) is 22.3. The summed E-state index contributed by atoms with van der Waals surface area (Å²) in [5.41, 5.74) is -0.0423. The summed E-state index contributed by atoms with van der Waals surface area (Å²) in [5, 5.41) is 13.9. The molecule has 0 aliphatic heterocycles. The van der Waals surface area contributed by atoms with Crippen molar-refractivity contribution in [3.63, 3.8) is 0 Å². The van der Waals surface area contributed by atoms with Crippen molar-refractivity contribution in [3.8, 4) is 0 Å². The molecule has 1 aromatic carbocycles. The van der Waals surface area contributed by atoms with E-state index >= 15 is 0 Å². The van der Waals surface area contributed by atoms with E-state index in [9.17, 15) is 9.59 Å². The van der Waals surface area contributed by atoms with Crippen LogP contribution in [0, 0.1) is 0 Å². The number of hydrogen-bond donors (Lipinski definition) is 3. The van der Waals surface area contributed by atoms with Gasteiger partial charge in [0.25, 0.3) is 0 Å². The average Bonchev–Trinajstić information content (AvgIpc) is 2.35. The normalized spacial score (nSPS) is 10.8. The van der Waals surface area contributed by atoms with Crippen LogP contribution in [0.4, 0.5) is 4.79 Å². The first-order chi connectivity index (χ1) is 8.92. The first-order valence-corrected chi connectivity index (χ1v) is 6.25. The molecule has 0 radical (unpaired) electrons. The Hall–Kier alpha value is -2.04. The summed E-state index contributed by atoms with van der Waals surface area (Å²) in [6, 6.07) is 9.53. The van der Waals surface area contributed by atoms with Gasteiger partial charge >= 0.3 is 12.0 Å². The van der Waals surface area contributed by atoms with Crippen molar-refractivity contribution in [2.75, 3.05) is 6.54 Å². The Morgan fingerprint density at radius 2 is 1.84 bits per heavy atom. The SMILES string of the molecule is CC(C)(NC(=O)NCCCc1ccccc1)C(=O)O. The minimum Gasteiger partial charge on any atom is -0.480 e. The van der Waals surface area contributed by atoms with Crippen LogP contribution in [0.5, 0.6) is 0 Å². The molecule has 0 bridgehead atoms. The summed E-state index contributed by atoms with van der Waals surface area (Å²) in [5.74, 6) is -1.06. The van der Waals surface area contributed by atoms with Crippen molar-refractivity contribution in [2.24, 2.45) is 0 Å². The van der Waals surface area contributed by atoms with Crippen molar-refractivity contribution >= 4 is 12.0 Å². The van der Waals surface area contributed by atoms with E-state index in [-0.39, 0.29) is 0 Å². The van der Waals surface area contributed by atoms with Crippen molar-refractivity contribution in [3.05, 3.63) is 35.9 Å². The lowest BCUT2D eigenvalue weighted by atomic mass is 10.1. The number of carbonyl (C=O) groups excluding carboxylic acids is 1. The smallest absolute Gasteiger partial charge is 0.328 e. The third-order valence-corrected chi connectivity index (χ3v) is 2.73. The standard InChI is InChI=1S/C14H20N2O3/c1-14(2,12(17)18)16-13(19)15-10-6-9-11-7-4-3-5-8-11/h3-5,7-8H,6,9-10H2,1-2H3,(H,17,18)(H2,15,16,19). The fraction of sp³-hybridized carbons (Fsp3) is 0.429. The zero-order valence-electron chi connectivity index (χ0n) is 11.3. The van der Waals surface area contributed by atoms with E-state index in [0.717, 1.165) is 12.8 Å². The molecule has 0 saturated heterocycles. The van der Waals surface area contributed by atoms with Crippen LogP contribution in [0.3, 0.4) is 0 Å². The van der Waals surface area contributed by atoms with Crippen molar-refractivity contribution < 1.29 is 14.7 Å². The van der Waals surface area contributed by atoms with Gasteiger partial charge in [0.05, 0.1) is 0 Å². The summed E-state index contributed by atoms with van der Waals surface area (Å²) in [7, 11) is 0. The number of aryl methyl sites for hydroxylation is 1. The first kappa shape index (κ1) is 15.0. The molecule has 3 N–H and O–H groups in total. The molecule has 1 aromatic rings. The van der Waals surface area contributed by atoms with Gasteiger partial charge < -0.3 is 15.7 Å². The highest BCUT2D eigenvalue weighted by Crippen LogP contribution is 2.02. The maximum absolute atomic E-state index is 11.5. The number of aliphatic carboxylic acids is 1. The van der Waals surface area contributed by atoms with Crippen LogP contribution < -0.4 is 10.6 Å². The van der Waals surface area contributed by atoms with E-state index in [1.807, 2.05) is 30.3 Å². The number of hydrogen-bond acceptors (Lipinski definition) is 2. The van der Waals surface area contributed by atoms with Crippen LogP contribution in [-0.2, 0) is 11.2 Å². The highest BCUT2D eigenvalue weighted by atomic mass is 16.4. The largest absolute Gasteiger partial charge is 0.480 e. The lowest BCUT2D eigenvalue weighted by molar-refractivity contribution is -0.142. The number of urea groups is 1. The Bertz CT molecular complexity index is 430. The van der Waals surface area contributed by atoms with Crippen molar-refractivity contribution in [2.45, 2.75) is 32.2 Å². The van der Waals surface area contributed by atoms with E-state index in [1.54, 1.807) is 0 Å². The minimum atomic E-state index is -1.26. The topological polar surface area (TPSA) is 78.4 Å². The molecule has 5 heteroatoms. The Labute approximate surface area is 113 Å².